The fourth-order valence-electron chi connectivity index (χ4n) is 4.18. The molecule has 2 heterocycles. The number of rotatable bonds is 6. The molecule has 1 aromatic rings. The average molecular weight is 500 g/mol. The van der Waals surface area contributed by atoms with E-state index in [9.17, 15) is 0 Å². The van der Waals surface area contributed by atoms with Crippen LogP contribution in [0, 0.1) is 5.92 Å². The van der Waals surface area contributed by atoms with Gasteiger partial charge in [-0.05, 0) is 56.9 Å². The molecule has 0 atom stereocenters. The highest BCUT2D eigenvalue weighted by Crippen LogP contribution is 2.19. The summed E-state index contributed by atoms with van der Waals surface area (Å²) in [6, 6.07) is 10.2. The Hall–Kier alpha value is -1.02. The number of halogens is 1. The van der Waals surface area contributed by atoms with Crippen LogP contribution in [0.2, 0.25) is 0 Å². The molecule has 158 valence electrons. The highest BCUT2D eigenvalue weighted by Gasteiger charge is 2.24. The van der Waals surface area contributed by atoms with Crippen LogP contribution < -0.4 is 10.1 Å². The van der Waals surface area contributed by atoms with Crippen LogP contribution in [0.1, 0.15) is 39.0 Å². The molecule has 0 spiro atoms. The minimum Gasteiger partial charge on any atom is -0.490 e. The molecule has 5 nitrogen and oxygen atoms in total. The molecule has 6 heteroatoms. The van der Waals surface area contributed by atoms with Crippen LogP contribution in [0.5, 0.6) is 5.75 Å². The van der Waals surface area contributed by atoms with Crippen molar-refractivity contribution >= 4 is 29.9 Å². The third-order valence-electron chi connectivity index (χ3n) is 5.80. The fraction of sp³-hybridized carbons (Fsp3) is 0.682. The molecule has 0 unspecified atom stereocenters. The van der Waals surface area contributed by atoms with Crippen molar-refractivity contribution in [2.45, 2.75) is 45.1 Å². The lowest BCUT2D eigenvalue weighted by Crippen LogP contribution is -2.49. The van der Waals surface area contributed by atoms with Crippen LogP contribution in [0.15, 0.2) is 35.3 Å². The van der Waals surface area contributed by atoms with E-state index in [4.69, 9.17) is 4.74 Å². The first-order valence-corrected chi connectivity index (χ1v) is 10.7. The van der Waals surface area contributed by atoms with E-state index in [0.717, 1.165) is 50.1 Å². The van der Waals surface area contributed by atoms with Gasteiger partial charge in [0.25, 0.3) is 0 Å². The van der Waals surface area contributed by atoms with Crippen molar-refractivity contribution in [3.05, 3.63) is 30.3 Å². The molecule has 0 saturated carbocycles. The van der Waals surface area contributed by atoms with Crippen LogP contribution in [0.4, 0.5) is 0 Å². The van der Waals surface area contributed by atoms with Gasteiger partial charge in [0.1, 0.15) is 11.9 Å². The minimum atomic E-state index is 0. The van der Waals surface area contributed by atoms with E-state index in [1.54, 1.807) is 0 Å². The maximum Gasteiger partial charge on any atom is 0.193 e. The molecule has 2 aliphatic heterocycles. The van der Waals surface area contributed by atoms with Crippen LogP contribution in [0.3, 0.4) is 0 Å². The molecule has 0 aromatic heterocycles. The summed E-state index contributed by atoms with van der Waals surface area (Å²) in [4.78, 5) is 9.52. The zero-order valence-corrected chi connectivity index (χ0v) is 19.8. The van der Waals surface area contributed by atoms with Gasteiger partial charge in [0.15, 0.2) is 5.96 Å². The largest absolute Gasteiger partial charge is 0.490 e. The van der Waals surface area contributed by atoms with E-state index < -0.39 is 0 Å². The van der Waals surface area contributed by atoms with E-state index in [-0.39, 0.29) is 24.0 Å². The van der Waals surface area contributed by atoms with Crippen LogP contribution in [-0.2, 0) is 0 Å². The number of hydrogen-bond acceptors (Lipinski definition) is 3. The van der Waals surface area contributed by atoms with Gasteiger partial charge in [-0.15, -0.1) is 24.0 Å². The first-order chi connectivity index (χ1) is 13.3. The van der Waals surface area contributed by atoms with Crippen molar-refractivity contribution in [2.75, 3.05) is 46.3 Å². The number of guanidine groups is 1. The molecule has 3 rings (SSSR count). The molecule has 28 heavy (non-hydrogen) atoms. The summed E-state index contributed by atoms with van der Waals surface area (Å²) in [5, 5.41) is 3.64. The molecule has 1 N–H and O–H groups in total. The van der Waals surface area contributed by atoms with Gasteiger partial charge in [0.2, 0.25) is 0 Å². The lowest BCUT2D eigenvalue weighted by Gasteiger charge is -2.36. The summed E-state index contributed by atoms with van der Waals surface area (Å²) in [6.45, 7) is 9.08. The molecular formula is C22H37IN4O. The summed E-state index contributed by atoms with van der Waals surface area (Å²) >= 11 is 0. The predicted molar refractivity (Wildman–Crippen MR) is 128 cm³/mol. The number of para-hydroxylation sites is 1. The van der Waals surface area contributed by atoms with Crippen molar-refractivity contribution in [1.29, 1.82) is 0 Å². The standard InChI is InChI=1S/C22H36N4O.HI/c1-3-13-25-14-9-19(10-15-25)18-24-22(23-2)26-16-11-21(12-17-26)27-20-7-5-4-6-8-20;/h4-8,19,21H,3,9-18H2,1-2H3,(H,23,24);1H. The Morgan fingerprint density at radius 3 is 2.36 bits per heavy atom. The fourth-order valence-corrected chi connectivity index (χ4v) is 4.18. The Kier molecular flexibility index (Phi) is 10.4. The van der Waals surface area contributed by atoms with E-state index >= 15 is 0 Å². The number of likely N-dealkylation sites (tertiary alicyclic amines) is 2. The molecule has 2 saturated heterocycles. The summed E-state index contributed by atoms with van der Waals surface area (Å²) in [6.07, 6.45) is 6.27. The third-order valence-corrected chi connectivity index (χ3v) is 5.80. The number of benzene rings is 1. The Morgan fingerprint density at radius 1 is 1.07 bits per heavy atom. The van der Waals surface area contributed by atoms with Crippen LogP contribution in [0.25, 0.3) is 0 Å². The number of ether oxygens (including phenoxy) is 1. The molecule has 0 radical (unpaired) electrons. The third kappa shape index (κ3) is 7.10. The lowest BCUT2D eigenvalue weighted by atomic mass is 9.97. The monoisotopic (exact) mass is 500 g/mol. The van der Waals surface area contributed by atoms with Gasteiger partial charge in [-0.1, -0.05) is 25.1 Å². The van der Waals surface area contributed by atoms with Gasteiger partial charge in [-0.3, -0.25) is 4.99 Å². The van der Waals surface area contributed by atoms with Crippen molar-refractivity contribution in [1.82, 2.24) is 15.1 Å². The van der Waals surface area contributed by atoms with Crippen LogP contribution in [-0.4, -0.2) is 68.2 Å². The predicted octanol–water partition coefficient (Wildman–Crippen LogP) is 3.85. The van der Waals surface area contributed by atoms with Crippen molar-refractivity contribution in [3.63, 3.8) is 0 Å². The number of aliphatic imine (C=N–C) groups is 1. The van der Waals surface area contributed by atoms with Gasteiger partial charge < -0.3 is 19.9 Å². The molecule has 0 amide bonds. The van der Waals surface area contributed by atoms with Gasteiger partial charge in [-0.2, -0.15) is 0 Å². The zero-order valence-electron chi connectivity index (χ0n) is 17.5. The van der Waals surface area contributed by atoms with Crippen molar-refractivity contribution < 1.29 is 4.74 Å². The van der Waals surface area contributed by atoms with Crippen LogP contribution >= 0.6 is 24.0 Å². The minimum absolute atomic E-state index is 0. The highest BCUT2D eigenvalue weighted by atomic mass is 127. The Labute approximate surface area is 187 Å². The Bertz CT molecular complexity index is 567. The van der Waals surface area contributed by atoms with Gasteiger partial charge in [0.05, 0.1) is 0 Å². The second kappa shape index (κ2) is 12.5. The maximum absolute atomic E-state index is 6.11. The second-order valence-electron chi connectivity index (χ2n) is 7.83. The molecular weight excluding hydrogens is 463 g/mol. The SMILES string of the molecule is CCCN1CCC(CNC(=NC)N2CCC(Oc3ccccc3)CC2)CC1.I. The maximum atomic E-state index is 6.11. The van der Waals surface area contributed by atoms with Crippen molar-refractivity contribution in [3.8, 4) is 5.75 Å². The lowest BCUT2D eigenvalue weighted by molar-refractivity contribution is 0.129. The molecule has 0 aliphatic carbocycles. The quantitative estimate of drug-likeness (QED) is 0.366. The summed E-state index contributed by atoms with van der Waals surface area (Å²) < 4.78 is 6.11. The topological polar surface area (TPSA) is 40.1 Å². The van der Waals surface area contributed by atoms with Gasteiger partial charge in [0, 0.05) is 39.5 Å². The number of nitrogens with one attached hydrogen (secondary N) is 1. The number of nitrogens with zero attached hydrogens (tertiary/aromatic N) is 3. The van der Waals surface area contributed by atoms with E-state index in [0.29, 0.717) is 6.10 Å². The normalized spacial score (nSPS) is 19.9. The Morgan fingerprint density at radius 2 is 1.75 bits per heavy atom. The molecule has 0 bridgehead atoms. The smallest absolute Gasteiger partial charge is 0.193 e. The van der Waals surface area contributed by atoms with Crippen molar-refractivity contribution in [2.24, 2.45) is 10.9 Å². The summed E-state index contributed by atoms with van der Waals surface area (Å²) in [7, 11) is 1.90. The number of piperidine rings is 2. The molecule has 2 fully saturated rings. The molecule has 1 aromatic carbocycles. The van der Waals surface area contributed by atoms with E-state index in [1.165, 1.54) is 38.9 Å². The first-order valence-electron chi connectivity index (χ1n) is 10.7. The summed E-state index contributed by atoms with van der Waals surface area (Å²) in [5.41, 5.74) is 0. The van der Waals surface area contributed by atoms with E-state index in [1.807, 2.05) is 37.4 Å². The summed E-state index contributed by atoms with van der Waals surface area (Å²) in [5.74, 6) is 2.81. The number of hydrogen-bond donors (Lipinski definition) is 1. The van der Waals surface area contributed by atoms with E-state index in [2.05, 4.69) is 27.0 Å². The average Bonchev–Trinajstić information content (AvgIpc) is 2.72. The Balaban J connectivity index is 0.00000280. The van der Waals surface area contributed by atoms with Gasteiger partial charge >= 0.3 is 0 Å². The highest BCUT2D eigenvalue weighted by molar-refractivity contribution is 14.0. The first kappa shape index (κ1) is 23.3. The second-order valence-corrected chi connectivity index (χ2v) is 7.83. The van der Waals surface area contributed by atoms with Gasteiger partial charge in [-0.25, -0.2) is 0 Å². The zero-order chi connectivity index (χ0) is 18.9. The molecule has 2 aliphatic rings.